The molecule has 2 rings (SSSR count). The molecule has 0 aliphatic rings. The van der Waals surface area contributed by atoms with Gasteiger partial charge in [0.1, 0.15) is 23.1 Å². The fourth-order valence-corrected chi connectivity index (χ4v) is 1.67. The second-order valence-electron chi connectivity index (χ2n) is 3.66. The highest BCUT2D eigenvalue weighted by atomic mass is 35.5. The van der Waals surface area contributed by atoms with E-state index >= 15 is 0 Å². The van der Waals surface area contributed by atoms with Gasteiger partial charge < -0.3 is 10.5 Å². The Morgan fingerprint density at radius 2 is 1.72 bits per heavy atom. The first kappa shape index (κ1) is 12.8. The number of hydrogen-bond acceptors (Lipinski definition) is 2. The molecule has 0 aromatic heterocycles. The second-order valence-corrected chi connectivity index (χ2v) is 4.10. The van der Waals surface area contributed by atoms with E-state index in [1.807, 2.05) is 0 Å². The van der Waals surface area contributed by atoms with E-state index in [-0.39, 0.29) is 12.3 Å². The summed E-state index contributed by atoms with van der Waals surface area (Å²) in [5.41, 5.74) is 6.24. The van der Waals surface area contributed by atoms with Gasteiger partial charge in [-0.15, -0.1) is 0 Å². The van der Waals surface area contributed by atoms with Gasteiger partial charge in [-0.3, -0.25) is 0 Å². The first-order valence-electron chi connectivity index (χ1n) is 5.21. The van der Waals surface area contributed by atoms with E-state index in [0.717, 1.165) is 18.2 Å². The van der Waals surface area contributed by atoms with Gasteiger partial charge in [0, 0.05) is 35.3 Å². The van der Waals surface area contributed by atoms with Crippen molar-refractivity contribution in [1.29, 1.82) is 0 Å². The Labute approximate surface area is 108 Å². The van der Waals surface area contributed by atoms with Crippen LogP contribution in [-0.2, 0) is 6.54 Å². The molecule has 18 heavy (non-hydrogen) atoms. The van der Waals surface area contributed by atoms with Gasteiger partial charge in [-0.05, 0) is 12.1 Å². The van der Waals surface area contributed by atoms with E-state index < -0.39 is 11.6 Å². The molecule has 0 bridgehead atoms. The van der Waals surface area contributed by atoms with Crippen LogP contribution in [-0.4, -0.2) is 0 Å². The molecule has 0 saturated heterocycles. The lowest BCUT2D eigenvalue weighted by Gasteiger charge is -2.10. The Morgan fingerprint density at radius 3 is 2.33 bits per heavy atom. The Morgan fingerprint density at radius 1 is 1.06 bits per heavy atom. The van der Waals surface area contributed by atoms with Crippen LogP contribution in [0.1, 0.15) is 5.56 Å². The fourth-order valence-electron chi connectivity index (χ4n) is 1.51. The van der Waals surface area contributed by atoms with E-state index in [2.05, 4.69) is 0 Å². The number of halogens is 3. The molecule has 5 heteroatoms. The maximum Gasteiger partial charge on any atom is 0.133 e. The topological polar surface area (TPSA) is 35.2 Å². The zero-order valence-electron chi connectivity index (χ0n) is 9.29. The number of benzene rings is 2. The first-order chi connectivity index (χ1) is 8.58. The van der Waals surface area contributed by atoms with Gasteiger partial charge in [-0.1, -0.05) is 17.7 Å². The molecule has 0 aliphatic carbocycles. The molecule has 0 fully saturated rings. The highest BCUT2D eigenvalue weighted by molar-refractivity contribution is 6.30. The van der Waals surface area contributed by atoms with Crippen molar-refractivity contribution in [3.05, 3.63) is 58.6 Å². The van der Waals surface area contributed by atoms with Crippen LogP contribution in [0.2, 0.25) is 5.02 Å². The lowest BCUT2D eigenvalue weighted by molar-refractivity contribution is 0.463. The molecule has 94 valence electrons. The third-order valence-corrected chi connectivity index (χ3v) is 2.55. The summed E-state index contributed by atoms with van der Waals surface area (Å²) in [7, 11) is 0. The molecule has 2 nitrogen and oxygen atoms in total. The number of ether oxygens (including phenoxy) is 1. The third-order valence-electron chi connectivity index (χ3n) is 2.31. The third kappa shape index (κ3) is 2.97. The lowest BCUT2D eigenvalue weighted by Crippen LogP contribution is -1.99. The van der Waals surface area contributed by atoms with Crippen molar-refractivity contribution in [2.45, 2.75) is 6.54 Å². The Hall–Kier alpha value is -1.65. The maximum atomic E-state index is 13.0. The zero-order chi connectivity index (χ0) is 13.1. The molecule has 0 heterocycles. The summed E-state index contributed by atoms with van der Waals surface area (Å²) in [4.78, 5) is 0. The van der Waals surface area contributed by atoms with Crippen molar-refractivity contribution in [3.63, 3.8) is 0 Å². The number of hydrogen-bond donors (Lipinski definition) is 1. The Balaban J connectivity index is 2.35. The molecule has 2 N–H and O–H groups in total. The maximum absolute atomic E-state index is 13.0. The number of nitrogens with two attached hydrogens (primary N) is 1. The molecule has 0 amide bonds. The molecule has 0 saturated carbocycles. The van der Waals surface area contributed by atoms with Crippen LogP contribution in [0, 0.1) is 11.6 Å². The van der Waals surface area contributed by atoms with E-state index in [0.29, 0.717) is 16.3 Å². The van der Waals surface area contributed by atoms with E-state index in [1.54, 1.807) is 18.2 Å². The van der Waals surface area contributed by atoms with Gasteiger partial charge >= 0.3 is 0 Å². The molecule has 2 aromatic rings. The highest BCUT2D eigenvalue weighted by Crippen LogP contribution is 2.29. The average Bonchev–Trinajstić information content (AvgIpc) is 2.27. The molecule has 0 atom stereocenters. The average molecular weight is 270 g/mol. The molecule has 0 spiro atoms. The van der Waals surface area contributed by atoms with Crippen molar-refractivity contribution >= 4 is 11.6 Å². The fraction of sp³-hybridized carbons (Fsp3) is 0.0769. The first-order valence-corrected chi connectivity index (χ1v) is 5.59. The molecule has 0 radical (unpaired) electrons. The molecule has 2 aromatic carbocycles. The highest BCUT2D eigenvalue weighted by Gasteiger charge is 2.07. The van der Waals surface area contributed by atoms with Crippen LogP contribution in [0.3, 0.4) is 0 Å². The summed E-state index contributed by atoms with van der Waals surface area (Å²) >= 11 is 5.83. The lowest BCUT2D eigenvalue weighted by atomic mass is 10.2. The summed E-state index contributed by atoms with van der Waals surface area (Å²) in [5.74, 6) is -0.970. The van der Waals surface area contributed by atoms with Crippen molar-refractivity contribution in [2.24, 2.45) is 5.73 Å². The zero-order valence-corrected chi connectivity index (χ0v) is 10.0. The normalized spacial score (nSPS) is 10.4. The largest absolute Gasteiger partial charge is 0.457 e. The predicted octanol–water partition coefficient (Wildman–Crippen LogP) is 3.87. The van der Waals surface area contributed by atoms with Gasteiger partial charge in [0.05, 0.1) is 0 Å². The van der Waals surface area contributed by atoms with Gasteiger partial charge in [-0.2, -0.15) is 0 Å². The van der Waals surface area contributed by atoms with Gasteiger partial charge in [0.2, 0.25) is 0 Å². The predicted molar refractivity (Wildman–Crippen MR) is 65.8 cm³/mol. The smallest absolute Gasteiger partial charge is 0.133 e. The summed E-state index contributed by atoms with van der Waals surface area (Å²) in [6, 6.07) is 7.87. The summed E-state index contributed by atoms with van der Waals surface area (Å²) < 4.78 is 31.4. The summed E-state index contributed by atoms with van der Waals surface area (Å²) in [5, 5.41) is 0.457. The summed E-state index contributed by atoms with van der Waals surface area (Å²) in [6.45, 7) is 0.240. The minimum Gasteiger partial charge on any atom is -0.457 e. The van der Waals surface area contributed by atoms with Crippen molar-refractivity contribution in [2.75, 3.05) is 0 Å². The van der Waals surface area contributed by atoms with E-state index in [1.165, 1.54) is 0 Å². The second kappa shape index (κ2) is 5.33. The van der Waals surface area contributed by atoms with Gasteiger partial charge in [0.15, 0.2) is 0 Å². The molecular formula is C13H10ClF2NO. The molecular weight excluding hydrogens is 260 g/mol. The van der Waals surface area contributed by atoms with Crippen LogP contribution < -0.4 is 10.5 Å². The monoisotopic (exact) mass is 269 g/mol. The Bertz CT molecular complexity index is 555. The molecule has 0 unspecified atom stereocenters. The Kier molecular flexibility index (Phi) is 3.79. The van der Waals surface area contributed by atoms with Gasteiger partial charge in [0.25, 0.3) is 0 Å². The minimum atomic E-state index is -0.707. The van der Waals surface area contributed by atoms with Crippen molar-refractivity contribution in [1.82, 2.24) is 0 Å². The number of rotatable bonds is 3. The van der Waals surface area contributed by atoms with Crippen LogP contribution in [0.4, 0.5) is 8.78 Å². The molecule has 0 aliphatic heterocycles. The van der Waals surface area contributed by atoms with Crippen LogP contribution >= 0.6 is 11.6 Å². The van der Waals surface area contributed by atoms with Crippen LogP contribution in [0.25, 0.3) is 0 Å². The van der Waals surface area contributed by atoms with Crippen molar-refractivity contribution < 1.29 is 13.5 Å². The standard InChI is InChI=1S/C13H10ClF2NO/c14-9-2-1-8(7-17)13(3-9)18-12-5-10(15)4-11(16)6-12/h1-6H,7,17H2. The van der Waals surface area contributed by atoms with E-state index in [9.17, 15) is 8.78 Å². The van der Waals surface area contributed by atoms with Crippen LogP contribution in [0.15, 0.2) is 36.4 Å². The SMILES string of the molecule is NCc1ccc(Cl)cc1Oc1cc(F)cc(F)c1. The quantitative estimate of drug-likeness (QED) is 0.918. The van der Waals surface area contributed by atoms with Crippen molar-refractivity contribution in [3.8, 4) is 11.5 Å². The van der Waals surface area contributed by atoms with E-state index in [4.69, 9.17) is 22.1 Å². The van der Waals surface area contributed by atoms with Gasteiger partial charge in [-0.25, -0.2) is 8.78 Å². The van der Waals surface area contributed by atoms with Crippen LogP contribution in [0.5, 0.6) is 11.5 Å². The summed E-state index contributed by atoms with van der Waals surface area (Å²) in [6.07, 6.45) is 0. The minimum absolute atomic E-state index is 0.0597.